The summed E-state index contributed by atoms with van der Waals surface area (Å²) in [5.41, 5.74) is 0.732. The fraction of sp³-hybridized carbons (Fsp3) is 0.562. The third-order valence-corrected chi connectivity index (χ3v) is 5.35. The van der Waals surface area contributed by atoms with Gasteiger partial charge in [0.1, 0.15) is 10.9 Å². The zero-order chi connectivity index (χ0) is 17.7. The van der Waals surface area contributed by atoms with Gasteiger partial charge in [-0.25, -0.2) is 4.79 Å². The average molecular weight is 373 g/mol. The van der Waals surface area contributed by atoms with E-state index in [2.05, 4.69) is 10.6 Å². The van der Waals surface area contributed by atoms with Crippen LogP contribution in [0.5, 0.6) is 0 Å². The molecule has 1 aromatic heterocycles. The molecule has 132 valence electrons. The van der Waals surface area contributed by atoms with E-state index < -0.39 is 11.9 Å². The van der Waals surface area contributed by atoms with Crippen molar-refractivity contribution in [2.75, 3.05) is 17.8 Å². The number of anilines is 1. The number of ether oxygens (including phenoxy) is 1. The fourth-order valence-corrected chi connectivity index (χ4v) is 3.93. The molecule has 1 heterocycles. The molecule has 2 N–H and O–H groups in total. The van der Waals surface area contributed by atoms with E-state index in [1.807, 2.05) is 0 Å². The molecule has 0 unspecified atom stereocenters. The van der Waals surface area contributed by atoms with E-state index in [1.54, 1.807) is 13.8 Å². The van der Waals surface area contributed by atoms with Crippen LogP contribution in [0.3, 0.4) is 0 Å². The first-order chi connectivity index (χ1) is 11.5. The molecule has 0 radical (unpaired) electrons. The summed E-state index contributed by atoms with van der Waals surface area (Å²) < 4.78 is 5.04. The molecule has 1 saturated carbocycles. The number of rotatable bonds is 6. The van der Waals surface area contributed by atoms with Gasteiger partial charge in [-0.1, -0.05) is 12.8 Å². The molecule has 0 atom stereocenters. The summed E-state index contributed by atoms with van der Waals surface area (Å²) in [5, 5.41) is 5.87. The largest absolute Gasteiger partial charge is 0.462 e. The van der Waals surface area contributed by atoms with E-state index in [9.17, 15) is 14.4 Å². The molecule has 24 heavy (non-hydrogen) atoms. The Morgan fingerprint density at radius 1 is 1.29 bits per heavy atom. The summed E-state index contributed by atoms with van der Waals surface area (Å²) in [6, 6.07) is 0.172. The molecular weight excluding hydrogens is 352 g/mol. The number of nitrogens with one attached hydrogen (secondary N) is 2. The van der Waals surface area contributed by atoms with Crippen LogP contribution in [0.1, 0.15) is 58.2 Å². The van der Waals surface area contributed by atoms with Gasteiger partial charge in [0.15, 0.2) is 0 Å². The zero-order valence-corrected chi connectivity index (χ0v) is 15.3. The second kappa shape index (κ2) is 8.48. The lowest BCUT2D eigenvalue weighted by Gasteiger charge is -2.11. The summed E-state index contributed by atoms with van der Waals surface area (Å²) in [6.45, 7) is 3.59. The van der Waals surface area contributed by atoms with Crippen LogP contribution in [0.25, 0.3) is 0 Å². The van der Waals surface area contributed by atoms with Gasteiger partial charge in [-0.05, 0) is 32.3 Å². The molecule has 8 heteroatoms. The lowest BCUT2D eigenvalue weighted by Crippen LogP contribution is -2.32. The number of thiophene rings is 1. The summed E-state index contributed by atoms with van der Waals surface area (Å²) in [7, 11) is 0. The first-order valence-corrected chi connectivity index (χ1v) is 9.30. The number of esters is 1. The fourth-order valence-electron chi connectivity index (χ4n) is 2.75. The zero-order valence-electron chi connectivity index (χ0n) is 13.7. The number of carbonyl (C=O) groups is 3. The van der Waals surface area contributed by atoms with Crippen molar-refractivity contribution in [1.29, 1.82) is 0 Å². The van der Waals surface area contributed by atoms with Crippen molar-refractivity contribution < 1.29 is 19.1 Å². The molecule has 2 amide bonds. The van der Waals surface area contributed by atoms with Gasteiger partial charge in [-0.15, -0.1) is 22.9 Å². The average Bonchev–Trinajstić information content (AvgIpc) is 3.15. The smallest absolute Gasteiger partial charge is 0.341 e. The number of amides is 2. The summed E-state index contributed by atoms with van der Waals surface area (Å²) >= 11 is 6.59. The van der Waals surface area contributed by atoms with Crippen LogP contribution in [0, 0.1) is 6.92 Å². The highest BCUT2D eigenvalue weighted by atomic mass is 35.5. The van der Waals surface area contributed by atoms with Gasteiger partial charge in [0.25, 0.3) is 5.91 Å². The van der Waals surface area contributed by atoms with Gasteiger partial charge in [0.05, 0.1) is 17.0 Å². The lowest BCUT2D eigenvalue weighted by molar-refractivity contribution is -0.113. The molecule has 0 spiro atoms. The van der Waals surface area contributed by atoms with Gasteiger partial charge in [0, 0.05) is 6.04 Å². The highest BCUT2D eigenvalue weighted by Crippen LogP contribution is 2.34. The molecule has 1 aliphatic carbocycles. The maximum Gasteiger partial charge on any atom is 0.341 e. The second-order valence-electron chi connectivity index (χ2n) is 5.62. The molecule has 0 bridgehead atoms. The molecule has 0 aromatic carbocycles. The standard InChI is InChI=1S/C16H21ClN2O4S/c1-3-23-16(22)12-9(2)13(24-15(12)19-11(20)8-17)14(21)18-10-6-4-5-7-10/h10H,3-8H2,1-2H3,(H,18,21)(H,19,20). The van der Waals surface area contributed by atoms with E-state index in [0.717, 1.165) is 37.0 Å². The molecule has 0 aliphatic heterocycles. The van der Waals surface area contributed by atoms with Gasteiger partial charge in [-0.2, -0.15) is 0 Å². The minimum atomic E-state index is -0.559. The van der Waals surface area contributed by atoms with Crippen LogP contribution in [-0.2, 0) is 9.53 Å². The SMILES string of the molecule is CCOC(=O)c1c(NC(=O)CCl)sc(C(=O)NC2CCCC2)c1C. The second-order valence-corrected chi connectivity index (χ2v) is 6.91. The van der Waals surface area contributed by atoms with E-state index >= 15 is 0 Å². The molecule has 2 rings (SSSR count). The van der Waals surface area contributed by atoms with Crippen molar-refractivity contribution in [2.24, 2.45) is 0 Å². The van der Waals surface area contributed by atoms with Crippen LogP contribution in [0.15, 0.2) is 0 Å². The van der Waals surface area contributed by atoms with E-state index in [1.165, 1.54) is 0 Å². The number of halogens is 1. The lowest BCUT2D eigenvalue weighted by atomic mass is 10.1. The van der Waals surface area contributed by atoms with Crippen LogP contribution >= 0.6 is 22.9 Å². The Morgan fingerprint density at radius 2 is 1.96 bits per heavy atom. The summed E-state index contributed by atoms with van der Waals surface area (Å²) in [5.74, 6) is -1.45. The number of hydrogen-bond acceptors (Lipinski definition) is 5. The Labute approximate surface area is 149 Å². The van der Waals surface area contributed by atoms with Crippen LogP contribution < -0.4 is 10.6 Å². The Morgan fingerprint density at radius 3 is 2.54 bits per heavy atom. The van der Waals surface area contributed by atoms with Crippen LogP contribution in [-0.4, -0.2) is 36.3 Å². The maximum atomic E-state index is 12.5. The molecule has 1 fully saturated rings. The minimum absolute atomic E-state index is 0.172. The third-order valence-electron chi connectivity index (χ3n) is 3.90. The molecule has 1 aromatic rings. The van der Waals surface area contributed by atoms with Crippen molar-refractivity contribution in [3.8, 4) is 0 Å². The summed E-state index contributed by atoms with van der Waals surface area (Å²) in [4.78, 5) is 36.7. The molecule has 0 saturated heterocycles. The van der Waals surface area contributed by atoms with E-state index in [4.69, 9.17) is 16.3 Å². The number of carbonyl (C=O) groups excluding carboxylic acids is 3. The van der Waals surface area contributed by atoms with Gasteiger partial charge >= 0.3 is 5.97 Å². The topological polar surface area (TPSA) is 84.5 Å². The Kier molecular flexibility index (Phi) is 6.62. The van der Waals surface area contributed by atoms with Gasteiger partial charge in [-0.3, -0.25) is 9.59 Å². The monoisotopic (exact) mass is 372 g/mol. The minimum Gasteiger partial charge on any atom is -0.462 e. The van der Waals surface area contributed by atoms with Gasteiger partial charge < -0.3 is 15.4 Å². The Balaban J connectivity index is 2.30. The summed E-state index contributed by atoms with van der Waals surface area (Å²) in [6.07, 6.45) is 4.16. The van der Waals surface area contributed by atoms with E-state index in [-0.39, 0.29) is 30.0 Å². The van der Waals surface area contributed by atoms with Crippen molar-refractivity contribution >= 4 is 45.7 Å². The van der Waals surface area contributed by atoms with Crippen LogP contribution in [0.2, 0.25) is 0 Å². The number of hydrogen-bond donors (Lipinski definition) is 2. The van der Waals surface area contributed by atoms with Crippen molar-refractivity contribution in [2.45, 2.75) is 45.6 Å². The molecule has 1 aliphatic rings. The van der Waals surface area contributed by atoms with Crippen molar-refractivity contribution in [3.63, 3.8) is 0 Å². The predicted octanol–water partition coefficient (Wildman–Crippen LogP) is 3.08. The predicted molar refractivity (Wildman–Crippen MR) is 94.1 cm³/mol. The molecular formula is C16H21ClN2O4S. The maximum absolute atomic E-state index is 12.5. The van der Waals surface area contributed by atoms with Gasteiger partial charge in [0.2, 0.25) is 5.91 Å². The highest BCUT2D eigenvalue weighted by Gasteiger charge is 2.28. The normalized spacial score (nSPS) is 14.5. The highest BCUT2D eigenvalue weighted by molar-refractivity contribution is 7.18. The van der Waals surface area contributed by atoms with Crippen LogP contribution in [0.4, 0.5) is 5.00 Å². The first kappa shape index (κ1) is 18.7. The number of alkyl halides is 1. The third kappa shape index (κ3) is 4.27. The molecule has 6 nitrogen and oxygen atoms in total. The Bertz CT molecular complexity index is 638. The van der Waals surface area contributed by atoms with E-state index in [0.29, 0.717) is 15.4 Å². The Hall–Kier alpha value is -1.60. The quantitative estimate of drug-likeness (QED) is 0.593. The van der Waals surface area contributed by atoms with Crippen molar-refractivity contribution in [1.82, 2.24) is 5.32 Å². The van der Waals surface area contributed by atoms with Crippen molar-refractivity contribution in [3.05, 3.63) is 16.0 Å². The first-order valence-electron chi connectivity index (χ1n) is 7.95.